The minimum absolute atomic E-state index is 0.355. The zero-order valence-corrected chi connectivity index (χ0v) is 16.2. The van der Waals surface area contributed by atoms with Crippen molar-refractivity contribution in [3.8, 4) is 0 Å². The Balaban J connectivity index is 2.47. The lowest BCUT2D eigenvalue weighted by Crippen LogP contribution is -2.30. The molecule has 0 unspecified atom stereocenters. The first-order valence-electron chi connectivity index (χ1n) is 8.83. The third kappa shape index (κ3) is 5.77. The van der Waals surface area contributed by atoms with Crippen LogP contribution < -0.4 is 5.32 Å². The number of rotatable bonds is 7. The number of esters is 2. The molecule has 1 N–H and O–H groups in total. The summed E-state index contributed by atoms with van der Waals surface area (Å²) in [7, 11) is 0. The van der Waals surface area contributed by atoms with Crippen LogP contribution >= 0.6 is 0 Å². The standard InChI is InChI=1S/C20H25N3O4/c1-12(2)26-18(24)17(19(25)27-13(3)4)15-8-7-14(5)11-16(15)23-20-21-9-6-10-22-20/h6-13,17H,1-5H3,(H,21,22,23). The van der Waals surface area contributed by atoms with Gasteiger partial charge >= 0.3 is 11.9 Å². The Morgan fingerprint density at radius 1 is 0.963 bits per heavy atom. The minimum atomic E-state index is -1.21. The average Bonchev–Trinajstić information content (AvgIpc) is 2.56. The topological polar surface area (TPSA) is 90.4 Å². The van der Waals surface area contributed by atoms with Gasteiger partial charge in [0, 0.05) is 23.6 Å². The lowest BCUT2D eigenvalue weighted by atomic mass is 9.95. The molecular weight excluding hydrogens is 346 g/mol. The molecule has 0 saturated heterocycles. The van der Waals surface area contributed by atoms with Crippen molar-refractivity contribution < 1.29 is 19.1 Å². The number of aromatic nitrogens is 2. The summed E-state index contributed by atoms with van der Waals surface area (Å²) in [5.41, 5.74) is 1.95. The van der Waals surface area contributed by atoms with Crippen molar-refractivity contribution in [3.63, 3.8) is 0 Å². The van der Waals surface area contributed by atoms with E-state index in [4.69, 9.17) is 9.47 Å². The monoisotopic (exact) mass is 371 g/mol. The highest BCUT2D eigenvalue weighted by Crippen LogP contribution is 2.30. The van der Waals surface area contributed by atoms with Crippen LogP contribution in [-0.4, -0.2) is 34.1 Å². The van der Waals surface area contributed by atoms with Gasteiger partial charge in [0.2, 0.25) is 5.95 Å². The molecule has 7 heteroatoms. The minimum Gasteiger partial charge on any atom is -0.462 e. The van der Waals surface area contributed by atoms with E-state index in [1.54, 1.807) is 52.2 Å². The van der Waals surface area contributed by atoms with Crippen LogP contribution in [0.3, 0.4) is 0 Å². The van der Waals surface area contributed by atoms with E-state index in [1.165, 1.54) is 0 Å². The second kappa shape index (κ2) is 9.12. The molecule has 0 aliphatic heterocycles. The molecule has 0 radical (unpaired) electrons. The van der Waals surface area contributed by atoms with E-state index in [0.717, 1.165) is 5.56 Å². The Kier molecular flexibility index (Phi) is 6.87. The van der Waals surface area contributed by atoms with Crippen molar-refractivity contribution in [2.45, 2.75) is 52.7 Å². The Bertz CT molecular complexity index is 769. The normalized spacial score (nSPS) is 11.0. The van der Waals surface area contributed by atoms with Crippen LogP contribution in [0, 0.1) is 6.92 Å². The summed E-state index contributed by atoms with van der Waals surface area (Å²) in [5, 5.41) is 3.07. The van der Waals surface area contributed by atoms with Crippen molar-refractivity contribution in [2.24, 2.45) is 0 Å². The van der Waals surface area contributed by atoms with Gasteiger partial charge in [-0.15, -0.1) is 0 Å². The van der Waals surface area contributed by atoms with Crippen LogP contribution in [0.2, 0.25) is 0 Å². The number of carbonyl (C=O) groups is 2. The summed E-state index contributed by atoms with van der Waals surface area (Å²) in [5.74, 6) is -2.16. The predicted octanol–water partition coefficient (Wildman–Crippen LogP) is 3.52. The lowest BCUT2D eigenvalue weighted by Gasteiger charge is -2.21. The van der Waals surface area contributed by atoms with Crippen LogP contribution in [-0.2, 0) is 19.1 Å². The molecular formula is C20H25N3O4. The number of carbonyl (C=O) groups excluding carboxylic acids is 2. The van der Waals surface area contributed by atoms with Gasteiger partial charge in [0.15, 0.2) is 5.92 Å². The zero-order valence-electron chi connectivity index (χ0n) is 16.2. The molecule has 0 spiro atoms. The van der Waals surface area contributed by atoms with Crippen LogP contribution in [0.5, 0.6) is 0 Å². The summed E-state index contributed by atoms with van der Waals surface area (Å²) in [4.78, 5) is 33.6. The number of benzene rings is 1. The van der Waals surface area contributed by atoms with Crippen molar-refractivity contribution >= 4 is 23.6 Å². The highest BCUT2D eigenvalue weighted by atomic mass is 16.6. The van der Waals surface area contributed by atoms with Crippen molar-refractivity contribution in [1.29, 1.82) is 0 Å². The van der Waals surface area contributed by atoms with Gasteiger partial charge in [-0.25, -0.2) is 9.97 Å². The number of hydrogen-bond donors (Lipinski definition) is 1. The van der Waals surface area contributed by atoms with Gasteiger partial charge in [0.05, 0.1) is 12.2 Å². The molecule has 1 aromatic carbocycles. The number of aryl methyl sites for hydroxylation is 1. The molecule has 1 heterocycles. The first-order valence-corrected chi connectivity index (χ1v) is 8.83. The Hall–Kier alpha value is -2.96. The van der Waals surface area contributed by atoms with Gasteiger partial charge in [0.25, 0.3) is 0 Å². The number of nitrogens with zero attached hydrogens (tertiary/aromatic N) is 2. The molecule has 2 aromatic rings. The molecule has 0 saturated carbocycles. The van der Waals surface area contributed by atoms with Crippen molar-refractivity contribution in [3.05, 3.63) is 47.8 Å². The highest BCUT2D eigenvalue weighted by Gasteiger charge is 2.35. The molecule has 0 atom stereocenters. The molecule has 0 fully saturated rings. The number of hydrogen-bond acceptors (Lipinski definition) is 7. The molecule has 0 amide bonds. The molecule has 7 nitrogen and oxygen atoms in total. The number of ether oxygens (including phenoxy) is 2. The second-order valence-electron chi connectivity index (χ2n) is 6.69. The molecule has 2 rings (SSSR count). The van der Waals surface area contributed by atoms with Crippen molar-refractivity contribution in [2.75, 3.05) is 5.32 Å². The fourth-order valence-corrected chi connectivity index (χ4v) is 2.47. The van der Waals surface area contributed by atoms with E-state index < -0.39 is 17.9 Å². The summed E-state index contributed by atoms with van der Waals surface area (Å²) >= 11 is 0. The van der Waals surface area contributed by atoms with Gasteiger partial charge in [-0.2, -0.15) is 0 Å². The van der Waals surface area contributed by atoms with E-state index in [0.29, 0.717) is 17.2 Å². The lowest BCUT2D eigenvalue weighted by molar-refractivity contribution is -0.161. The van der Waals surface area contributed by atoms with E-state index in [9.17, 15) is 9.59 Å². The third-order valence-electron chi connectivity index (χ3n) is 3.51. The van der Waals surface area contributed by atoms with Crippen molar-refractivity contribution in [1.82, 2.24) is 9.97 Å². The fraction of sp³-hybridized carbons (Fsp3) is 0.400. The summed E-state index contributed by atoms with van der Waals surface area (Å²) in [6.07, 6.45) is 2.49. The van der Waals surface area contributed by atoms with Crippen LogP contribution in [0.15, 0.2) is 36.7 Å². The summed E-state index contributed by atoms with van der Waals surface area (Å²) < 4.78 is 10.6. The quantitative estimate of drug-likeness (QED) is 0.588. The zero-order chi connectivity index (χ0) is 20.0. The first-order chi connectivity index (χ1) is 12.8. The van der Waals surface area contributed by atoms with E-state index in [-0.39, 0.29) is 12.2 Å². The molecule has 27 heavy (non-hydrogen) atoms. The highest BCUT2D eigenvalue weighted by molar-refractivity contribution is 6.02. The van der Waals surface area contributed by atoms with Gasteiger partial charge in [-0.1, -0.05) is 12.1 Å². The average molecular weight is 371 g/mol. The predicted molar refractivity (Wildman–Crippen MR) is 102 cm³/mol. The van der Waals surface area contributed by atoms with Crippen LogP contribution in [0.1, 0.15) is 44.7 Å². The van der Waals surface area contributed by atoms with E-state index >= 15 is 0 Å². The first kappa shape index (κ1) is 20.4. The van der Waals surface area contributed by atoms with E-state index in [1.807, 2.05) is 19.1 Å². The van der Waals surface area contributed by atoms with Crippen LogP contribution in [0.4, 0.5) is 11.6 Å². The Labute approximate surface area is 159 Å². The third-order valence-corrected chi connectivity index (χ3v) is 3.51. The molecule has 0 aliphatic carbocycles. The SMILES string of the molecule is Cc1ccc(C(C(=O)OC(C)C)C(=O)OC(C)C)c(Nc2ncccn2)c1. The number of nitrogens with one attached hydrogen (secondary N) is 1. The Morgan fingerprint density at radius 2 is 1.52 bits per heavy atom. The molecule has 144 valence electrons. The number of anilines is 2. The largest absolute Gasteiger partial charge is 0.462 e. The summed E-state index contributed by atoms with van der Waals surface area (Å²) in [6.45, 7) is 8.84. The maximum absolute atomic E-state index is 12.7. The van der Waals surface area contributed by atoms with Gasteiger partial charge in [-0.3, -0.25) is 9.59 Å². The Morgan fingerprint density at radius 3 is 2.04 bits per heavy atom. The van der Waals surface area contributed by atoms with Gasteiger partial charge in [0.1, 0.15) is 0 Å². The second-order valence-corrected chi connectivity index (χ2v) is 6.69. The maximum atomic E-state index is 12.7. The van der Waals surface area contributed by atoms with Crippen LogP contribution in [0.25, 0.3) is 0 Å². The summed E-state index contributed by atoms with van der Waals surface area (Å²) in [6, 6.07) is 7.06. The molecule has 0 bridgehead atoms. The fourth-order valence-electron chi connectivity index (χ4n) is 2.47. The van der Waals surface area contributed by atoms with E-state index in [2.05, 4.69) is 15.3 Å². The molecule has 1 aromatic heterocycles. The van der Waals surface area contributed by atoms with Gasteiger partial charge < -0.3 is 14.8 Å². The molecule has 0 aliphatic rings. The van der Waals surface area contributed by atoms with Gasteiger partial charge in [-0.05, 0) is 52.3 Å². The maximum Gasteiger partial charge on any atom is 0.325 e. The smallest absolute Gasteiger partial charge is 0.325 e.